The van der Waals surface area contributed by atoms with Crippen molar-refractivity contribution in [2.75, 3.05) is 0 Å². The Bertz CT molecular complexity index is 599. The summed E-state index contributed by atoms with van der Waals surface area (Å²) in [5.74, 6) is -0.512. The molecule has 0 spiro atoms. The van der Waals surface area contributed by atoms with Gasteiger partial charge in [0, 0.05) is 11.3 Å². The monoisotopic (exact) mass is 257 g/mol. The molecule has 1 N–H and O–H groups in total. The van der Waals surface area contributed by atoms with Crippen LogP contribution in [0.3, 0.4) is 0 Å². The van der Waals surface area contributed by atoms with Crippen molar-refractivity contribution in [1.29, 1.82) is 0 Å². The maximum absolute atomic E-state index is 12.0. The van der Waals surface area contributed by atoms with Crippen LogP contribution in [0.2, 0.25) is 0 Å². The number of carbonyl (C=O) groups excluding carboxylic acids is 2. The predicted molar refractivity (Wildman–Crippen MR) is 71.2 cm³/mol. The van der Waals surface area contributed by atoms with Crippen molar-refractivity contribution in [3.8, 4) is 0 Å². The highest BCUT2D eigenvalue weighted by Crippen LogP contribution is 2.17. The number of rotatable bonds is 4. The lowest BCUT2D eigenvalue weighted by atomic mass is 10.1. The first kappa shape index (κ1) is 13.1. The largest absolute Gasteiger partial charge is 0.456 e. The van der Waals surface area contributed by atoms with Crippen molar-refractivity contribution in [3.05, 3.63) is 58.4 Å². The Morgan fingerprint density at radius 1 is 1.26 bits per heavy atom. The number of hydrogen-bond acceptors (Lipinski definition) is 3. The molecule has 0 radical (unpaired) electrons. The second-order valence-electron chi connectivity index (χ2n) is 4.34. The molecule has 19 heavy (non-hydrogen) atoms. The maximum Gasteiger partial charge on any atom is 0.355 e. The second-order valence-corrected chi connectivity index (χ2v) is 4.34. The third-order valence-corrected chi connectivity index (χ3v) is 3.08. The summed E-state index contributed by atoms with van der Waals surface area (Å²) in [6, 6.07) is 9.40. The number of nitrogens with one attached hydrogen (secondary N) is 1. The smallest absolute Gasteiger partial charge is 0.355 e. The normalized spacial score (nSPS) is 10.2. The van der Waals surface area contributed by atoms with Gasteiger partial charge in [-0.3, -0.25) is 4.79 Å². The molecule has 1 aromatic carbocycles. The van der Waals surface area contributed by atoms with E-state index in [1.54, 1.807) is 6.92 Å². The van der Waals surface area contributed by atoms with Gasteiger partial charge in [-0.25, -0.2) is 4.79 Å². The number of ether oxygens (including phenoxy) is 1. The Labute approximate surface area is 111 Å². The van der Waals surface area contributed by atoms with E-state index in [4.69, 9.17) is 4.74 Å². The Morgan fingerprint density at radius 2 is 1.95 bits per heavy atom. The number of aromatic amines is 1. The molecular weight excluding hydrogens is 242 g/mol. The zero-order chi connectivity index (χ0) is 13.8. The highest BCUT2D eigenvalue weighted by Gasteiger charge is 2.18. The minimum absolute atomic E-state index is 0.190. The topological polar surface area (TPSA) is 59.2 Å². The molecule has 1 heterocycles. The third-order valence-electron chi connectivity index (χ3n) is 3.08. The van der Waals surface area contributed by atoms with Crippen molar-refractivity contribution in [2.45, 2.75) is 20.5 Å². The second kappa shape index (κ2) is 5.52. The summed E-state index contributed by atoms with van der Waals surface area (Å²) in [6.45, 7) is 3.80. The minimum Gasteiger partial charge on any atom is -0.456 e. The standard InChI is InChI=1S/C15H15NO3/c1-10-11(2)16-14(13(10)8-17)15(18)19-9-12-6-4-3-5-7-12/h3-8,16H,9H2,1-2H3. The molecule has 2 rings (SSSR count). The van der Waals surface area contributed by atoms with Crippen LogP contribution in [-0.2, 0) is 11.3 Å². The van der Waals surface area contributed by atoms with Crippen LogP contribution in [0.25, 0.3) is 0 Å². The molecule has 0 atom stereocenters. The van der Waals surface area contributed by atoms with Gasteiger partial charge < -0.3 is 9.72 Å². The maximum atomic E-state index is 12.0. The molecule has 0 saturated heterocycles. The van der Waals surface area contributed by atoms with Crippen LogP contribution in [0.5, 0.6) is 0 Å². The Morgan fingerprint density at radius 3 is 2.58 bits per heavy atom. The highest BCUT2D eigenvalue weighted by molar-refractivity contribution is 5.98. The van der Waals surface area contributed by atoms with Gasteiger partial charge in [0.25, 0.3) is 0 Å². The average molecular weight is 257 g/mol. The quantitative estimate of drug-likeness (QED) is 0.676. The van der Waals surface area contributed by atoms with Crippen LogP contribution in [0.1, 0.15) is 37.7 Å². The Balaban J connectivity index is 2.12. The molecule has 0 amide bonds. The van der Waals surface area contributed by atoms with E-state index < -0.39 is 5.97 Å². The van der Waals surface area contributed by atoms with Crippen molar-refractivity contribution in [2.24, 2.45) is 0 Å². The number of carbonyl (C=O) groups is 2. The van der Waals surface area contributed by atoms with E-state index in [1.165, 1.54) is 0 Å². The number of H-pyrrole nitrogens is 1. The molecule has 0 unspecified atom stereocenters. The van der Waals surface area contributed by atoms with Gasteiger partial charge in [-0.2, -0.15) is 0 Å². The summed E-state index contributed by atoms with van der Waals surface area (Å²) in [5, 5.41) is 0. The molecule has 0 aliphatic rings. The number of hydrogen-bond donors (Lipinski definition) is 1. The van der Waals surface area contributed by atoms with Gasteiger partial charge in [0.15, 0.2) is 6.29 Å². The molecule has 4 nitrogen and oxygen atoms in total. The fourth-order valence-corrected chi connectivity index (χ4v) is 1.84. The van der Waals surface area contributed by atoms with E-state index in [1.807, 2.05) is 37.3 Å². The van der Waals surface area contributed by atoms with Gasteiger partial charge in [0.2, 0.25) is 0 Å². The van der Waals surface area contributed by atoms with Crippen molar-refractivity contribution in [1.82, 2.24) is 4.98 Å². The first-order valence-corrected chi connectivity index (χ1v) is 5.99. The zero-order valence-corrected chi connectivity index (χ0v) is 10.9. The fraction of sp³-hybridized carbons (Fsp3) is 0.200. The van der Waals surface area contributed by atoms with E-state index in [2.05, 4.69) is 4.98 Å². The summed E-state index contributed by atoms with van der Waals surface area (Å²) in [6.07, 6.45) is 0.679. The first-order chi connectivity index (χ1) is 9.13. The number of benzene rings is 1. The number of esters is 1. The van der Waals surface area contributed by atoms with Crippen LogP contribution in [0, 0.1) is 13.8 Å². The van der Waals surface area contributed by atoms with Gasteiger partial charge in [-0.15, -0.1) is 0 Å². The molecule has 4 heteroatoms. The number of aldehydes is 1. The third kappa shape index (κ3) is 2.73. The van der Waals surface area contributed by atoms with Gasteiger partial charge in [-0.05, 0) is 25.0 Å². The van der Waals surface area contributed by atoms with Crippen LogP contribution in [0.15, 0.2) is 30.3 Å². The average Bonchev–Trinajstić information content (AvgIpc) is 2.73. The predicted octanol–water partition coefficient (Wildman–Crippen LogP) is 2.80. The van der Waals surface area contributed by atoms with E-state index in [0.29, 0.717) is 11.8 Å². The van der Waals surface area contributed by atoms with Crippen LogP contribution < -0.4 is 0 Å². The molecule has 0 aliphatic heterocycles. The first-order valence-electron chi connectivity index (χ1n) is 5.99. The van der Waals surface area contributed by atoms with Crippen molar-refractivity contribution in [3.63, 3.8) is 0 Å². The molecule has 0 bridgehead atoms. The summed E-state index contributed by atoms with van der Waals surface area (Å²) in [4.78, 5) is 25.9. The van der Waals surface area contributed by atoms with E-state index in [-0.39, 0.29) is 12.3 Å². The number of aryl methyl sites for hydroxylation is 1. The minimum atomic E-state index is -0.512. The zero-order valence-electron chi connectivity index (χ0n) is 10.9. The molecular formula is C15H15NO3. The molecule has 0 aliphatic carbocycles. The van der Waals surface area contributed by atoms with Crippen LogP contribution in [-0.4, -0.2) is 17.2 Å². The van der Waals surface area contributed by atoms with E-state index in [9.17, 15) is 9.59 Å². The number of aromatic nitrogens is 1. The van der Waals surface area contributed by atoms with Crippen molar-refractivity contribution < 1.29 is 14.3 Å². The van der Waals surface area contributed by atoms with Gasteiger partial charge in [0.05, 0.1) is 0 Å². The SMILES string of the molecule is Cc1[nH]c(C(=O)OCc2ccccc2)c(C=O)c1C. The van der Waals surface area contributed by atoms with Crippen molar-refractivity contribution >= 4 is 12.3 Å². The van der Waals surface area contributed by atoms with E-state index >= 15 is 0 Å². The molecule has 0 fully saturated rings. The molecule has 98 valence electrons. The lowest BCUT2D eigenvalue weighted by molar-refractivity contribution is 0.0464. The summed E-state index contributed by atoms with van der Waals surface area (Å²) >= 11 is 0. The molecule has 2 aromatic rings. The fourth-order valence-electron chi connectivity index (χ4n) is 1.84. The van der Waals surface area contributed by atoms with E-state index in [0.717, 1.165) is 16.8 Å². The summed E-state index contributed by atoms with van der Waals surface area (Å²) < 4.78 is 5.20. The Hall–Kier alpha value is -2.36. The lowest BCUT2D eigenvalue weighted by Crippen LogP contribution is -2.08. The Kier molecular flexibility index (Phi) is 3.80. The van der Waals surface area contributed by atoms with Crippen LogP contribution >= 0.6 is 0 Å². The summed E-state index contributed by atoms with van der Waals surface area (Å²) in [7, 11) is 0. The molecule has 1 aromatic heterocycles. The van der Waals surface area contributed by atoms with Gasteiger partial charge in [-0.1, -0.05) is 30.3 Å². The molecule has 0 saturated carbocycles. The van der Waals surface area contributed by atoms with Crippen LogP contribution in [0.4, 0.5) is 0 Å². The van der Waals surface area contributed by atoms with Gasteiger partial charge in [0.1, 0.15) is 12.3 Å². The summed E-state index contributed by atoms with van der Waals surface area (Å²) in [5.41, 5.74) is 3.08. The lowest BCUT2D eigenvalue weighted by Gasteiger charge is -2.04. The highest BCUT2D eigenvalue weighted by atomic mass is 16.5. The van der Waals surface area contributed by atoms with Gasteiger partial charge >= 0.3 is 5.97 Å².